The third-order valence-corrected chi connectivity index (χ3v) is 2.77. The fraction of sp³-hybridized carbons (Fsp3) is 0.364. The van der Waals surface area contributed by atoms with E-state index in [1.807, 2.05) is 0 Å². The van der Waals surface area contributed by atoms with Crippen LogP contribution in [0.2, 0.25) is 10.0 Å². The number of rotatable bonds is 3. The zero-order valence-electron chi connectivity index (χ0n) is 9.28. The quantitative estimate of drug-likeness (QED) is 0.785. The Labute approximate surface area is 112 Å². The van der Waals surface area contributed by atoms with Crippen LogP contribution < -0.4 is 0 Å². The highest BCUT2D eigenvalue weighted by atomic mass is 35.5. The molecule has 0 bridgehead atoms. The highest BCUT2D eigenvalue weighted by Gasteiger charge is 2.32. The Balaban J connectivity index is 3.06. The van der Waals surface area contributed by atoms with Gasteiger partial charge in [-0.25, -0.2) is 0 Å². The van der Waals surface area contributed by atoms with Crippen molar-refractivity contribution in [1.29, 1.82) is 0 Å². The van der Waals surface area contributed by atoms with Gasteiger partial charge in [-0.05, 0) is 19.1 Å². The molecule has 0 spiro atoms. The minimum atomic E-state index is -4.53. The molecule has 0 atom stereocenters. The van der Waals surface area contributed by atoms with Crippen molar-refractivity contribution in [1.82, 2.24) is 0 Å². The van der Waals surface area contributed by atoms with Gasteiger partial charge in [-0.3, -0.25) is 4.79 Å². The predicted molar refractivity (Wildman–Crippen MR) is 61.8 cm³/mol. The molecular weight excluding hydrogens is 292 g/mol. The zero-order chi connectivity index (χ0) is 13.9. The molecule has 1 rings (SSSR count). The van der Waals surface area contributed by atoms with E-state index in [9.17, 15) is 18.0 Å². The molecule has 0 heterocycles. The Kier molecular flexibility index (Phi) is 4.87. The minimum absolute atomic E-state index is 0.129. The van der Waals surface area contributed by atoms with Crippen LogP contribution in [-0.2, 0) is 22.1 Å². The van der Waals surface area contributed by atoms with Gasteiger partial charge in [0.05, 0.1) is 18.6 Å². The average Bonchev–Trinajstić information content (AvgIpc) is 2.22. The molecule has 0 saturated heterocycles. The van der Waals surface area contributed by atoms with Crippen molar-refractivity contribution in [3.63, 3.8) is 0 Å². The lowest BCUT2D eigenvalue weighted by molar-refractivity contribution is -0.142. The molecule has 0 unspecified atom stereocenters. The Bertz CT molecular complexity index is 435. The van der Waals surface area contributed by atoms with Crippen molar-refractivity contribution in [2.45, 2.75) is 19.5 Å². The van der Waals surface area contributed by atoms with E-state index in [-0.39, 0.29) is 28.6 Å². The average molecular weight is 301 g/mol. The number of esters is 1. The molecule has 0 saturated carbocycles. The maximum Gasteiger partial charge on any atom is 0.416 e. The smallest absolute Gasteiger partial charge is 0.416 e. The van der Waals surface area contributed by atoms with E-state index in [4.69, 9.17) is 23.2 Å². The molecule has 0 radical (unpaired) electrons. The van der Waals surface area contributed by atoms with Crippen LogP contribution in [-0.4, -0.2) is 12.6 Å². The van der Waals surface area contributed by atoms with E-state index >= 15 is 0 Å². The Morgan fingerprint density at radius 2 is 1.78 bits per heavy atom. The molecule has 100 valence electrons. The third-order valence-electron chi connectivity index (χ3n) is 2.09. The molecule has 0 aliphatic heterocycles. The number of carbonyl (C=O) groups excluding carboxylic acids is 1. The fourth-order valence-electron chi connectivity index (χ4n) is 1.29. The van der Waals surface area contributed by atoms with Crippen LogP contribution >= 0.6 is 23.2 Å². The zero-order valence-corrected chi connectivity index (χ0v) is 10.8. The van der Waals surface area contributed by atoms with Gasteiger partial charge in [-0.15, -0.1) is 0 Å². The van der Waals surface area contributed by atoms with Gasteiger partial charge in [0.2, 0.25) is 0 Å². The van der Waals surface area contributed by atoms with E-state index in [0.29, 0.717) is 0 Å². The topological polar surface area (TPSA) is 26.3 Å². The van der Waals surface area contributed by atoms with Crippen molar-refractivity contribution in [3.8, 4) is 0 Å². The lowest BCUT2D eigenvalue weighted by Crippen LogP contribution is -2.10. The summed E-state index contributed by atoms with van der Waals surface area (Å²) in [5.74, 6) is -0.596. The van der Waals surface area contributed by atoms with E-state index in [0.717, 1.165) is 12.1 Å². The maximum absolute atomic E-state index is 12.5. The summed E-state index contributed by atoms with van der Waals surface area (Å²) in [5.41, 5.74) is -0.824. The van der Waals surface area contributed by atoms with Gasteiger partial charge in [0.15, 0.2) is 0 Å². The molecule has 0 fully saturated rings. The summed E-state index contributed by atoms with van der Waals surface area (Å²) in [5, 5.41) is -0.411. The van der Waals surface area contributed by atoms with Crippen LogP contribution in [0.25, 0.3) is 0 Å². The lowest BCUT2D eigenvalue weighted by atomic mass is 10.1. The van der Waals surface area contributed by atoms with Crippen molar-refractivity contribution in [2.75, 3.05) is 6.61 Å². The molecule has 0 amide bonds. The molecule has 7 heteroatoms. The Morgan fingerprint density at radius 3 is 2.17 bits per heavy atom. The lowest BCUT2D eigenvalue weighted by Gasteiger charge is -2.11. The molecule has 0 aliphatic rings. The van der Waals surface area contributed by atoms with Crippen LogP contribution in [0.3, 0.4) is 0 Å². The van der Waals surface area contributed by atoms with Crippen LogP contribution in [0, 0.1) is 0 Å². The molecule has 0 N–H and O–H groups in total. The van der Waals surface area contributed by atoms with Crippen molar-refractivity contribution < 1.29 is 22.7 Å². The number of alkyl halides is 3. The molecule has 1 aromatic carbocycles. The molecule has 0 aliphatic carbocycles. The van der Waals surface area contributed by atoms with Crippen LogP contribution in [0.4, 0.5) is 13.2 Å². The van der Waals surface area contributed by atoms with Crippen LogP contribution in [0.15, 0.2) is 12.1 Å². The number of ether oxygens (including phenoxy) is 1. The van der Waals surface area contributed by atoms with E-state index < -0.39 is 17.7 Å². The third kappa shape index (κ3) is 3.78. The SMILES string of the molecule is CCOC(=O)Cc1c(Cl)cc(C(F)(F)F)cc1Cl. The molecule has 1 aromatic rings. The largest absolute Gasteiger partial charge is 0.466 e. The molecule has 2 nitrogen and oxygen atoms in total. The first-order chi connectivity index (χ1) is 8.25. The van der Waals surface area contributed by atoms with Crippen LogP contribution in [0.5, 0.6) is 0 Å². The number of hydrogen-bond acceptors (Lipinski definition) is 2. The van der Waals surface area contributed by atoms with Crippen molar-refractivity contribution in [2.24, 2.45) is 0 Å². The Morgan fingerprint density at radius 1 is 1.28 bits per heavy atom. The second-order valence-electron chi connectivity index (χ2n) is 3.40. The van der Waals surface area contributed by atoms with Gasteiger partial charge < -0.3 is 4.74 Å². The molecule has 0 aromatic heterocycles. The standard InChI is InChI=1S/C11H9Cl2F3O2/c1-2-18-10(17)5-7-8(12)3-6(4-9(7)13)11(14,15)16/h3-4H,2,5H2,1H3. The van der Waals surface area contributed by atoms with E-state index in [1.54, 1.807) is 6.92 Å². The minimum Gasteiger partial charge on any atom is -0.466 e. The van der Waals surface area contributed by atoms with E-state index in [2.05, 4.69) is 4.74 Å². The van der Waals surface area contributed by atoms with Gasteiger partial charge in [-0.2, -0.15) is 13.2 Å². The van der Waals surface area contributed by atoms with Crippen molar-refractivity contribution >= 4 is 29.2 Å². The monoisotopic (exact) mass is 300 g/mol. The second kappa shape index (κ2) is 5.80. The van der Waals surface area contributed by atoms with Gasteiger partial charge in [0, 0.05) is 15.6 Å². The molecular formula is C11H9Cl2F3O2. The predicted octanol–water partition coefficient (Wildman–Crippen LogP) is 4.12. The van der Waals surface area contributed by atoms with Crippen molar-refractivity contribution in [3.05, 3.63) is 33.3 Å². The normalized spacial score (nSPS) is 11.4. The summed E-state index contributed by atoms with van der Waals surface area (Å²) in [6, 6.07) is 1.48. The first-order valence-electron chi connectivity index (χ1n) is 4.96. The van der Waals surface area contributed by atoms with E-state index in [1.165, 1.54) is 0 Å². The number of hydrogen-bond donors (Lipinski definition) is 0. The molecule has 18 heavy (non-hydrogen) atoms. The summed E-state index contributed by atoms with van der Waals surface area (Å²) >= 11 is 11.4. The summed E-state index contributed by atoms with van der Waals surface area (Å²) in [4.78, 5) is 11.2. The number of carbonyl (C=O) groups is 1. The summed E-state index contributed by atoms with van der Waals surface area (Å²) in [7, 11) is 0. The fourth-order valence-corrected chi connectivity index (χ4v) is 1.91. The highest BCUT2D eigenvalue weighted by molar-refractivity contribution is 6.36. The number of halogens is 5. The van der Waals surface area contributed by atoms with Gasteiger partial charge in [-0.1, -0.05) is 23.2 Å². The van der Waals surface area contributed by atoms with Crippen LogP contribution in [0.1, 0.15) is 18.1 Å². The van der Waals surface area contributed by atoms with Gasteiger partial charge in [0.1, 0.15) is 0 Å². The summed E-state index contributed by atoms with van der Waals surface area (Å²) in [6.07, 6.45) is -4.79. The first-order valence-corrected chi connectivity index (χ1v) is 5.72. The van der Waals surface area contributed by atoms with Gasteiger partial charge in [0.25, 0.3) is 0 Å². The Hall–Kier alpha value is -0.940. The maximum atomic E-state index is 12.5. The summed E-state index contributed by atoms with van der Waals surface area (Å²) in [6.45, 7) is 1.79. The number of benzene rings is 1. The second-order valence-corrected chi connectivity index (χ2v) is 4.21. The summed E-state index contributed by atoms with van der Waals surface area (Å²) < 4.78 is 42.0. The van der Waals surface area contributed by atoms with Gasteiger partial charge >= 0.3 is 12.1 Å². The highest BCUT2D eigenvalue weighted by Crippen LogP contribution is 2.36. The first kappa shape index (κ1) is 15.1.